The molecule has 19 heavy (non-hydrogen) atoms. The second kappa shape index (κ2) is 7.16. The molecule has 1 N–H and O–H groups in total. The molecule has 0 aromatic heterocycles. The van der Waals surface area contributed by atoms with Gasteiger partial charge in [0.25, 0.3) is 5.91 Å². The number of carbonyl (C=O) groups is 1. The van der Waals surface area contributed by atoms with Crippen LogP contribution in [-0.4, -0.2) is 18.3 Å². The van der Waals surface area contributed by atoms with Crippen molar-refractivity contribution in [3.8, 4) is 0 Å². The van der Waals surface area contributed by atoms with Crippen LogP contribution in [0, 0.1) is 12.3 Å². The number of carbonyl (C=O) groups excluding carboxylic acids is 1. The topological polar surface area (TPSA) is 29.1 Å². The number of hydrogen-bond acceptors (Lipinski definition) is 1. The molecule has 106 valence electrons. The van der Waals surface area contributed by atoms with E-state index in [-0.39, 0.29) is 11.3 Å². The molecule has 1 amide bonds. The minimum atomic E-state index is -0.0643. The van der Waals surface area contributed by atoms with E-state index in [1.165, 1.54) is 0 Å². The van der Waals surface area contributed by atoms with E-state index < -0.39 is 0 Å². The number of halogens is 2. The molecule has 0 heterocycles. The molecule has 0 bridgehead atoms. The van der Waals surface area contributed by atoms with Gasteiger partial charge < -0.3 is 5.32 Å². The van der Waals surface area contributed by atoms with Crippen LogP contribution in [0.15, 0.2) is 18.2 Å². The Labute approximate surface area is 125 Å². The predicted octanol–water partition coefficient (Wildman–Crippen LogP) is 4.42. The van der Waals surface area contributed by atoms with Crippen molar-refractivity contribution >= 4 is 29.1 Å². The van der Waals surface area contributed by atoms with Crippen molar-refractivity contribution < 1.29 is 4.79 Å². The lowest BCUT2D eigenvalue weighted by atomic mass is 9.84. The van der Waals surface area contributed by atoms with Gasteiger partial charge in [-0.15, -0.1) is 11.6 Å². The molecule has 0 aliphatic heterocycles. The number of hydrogen-bond donors (Lipinski definition) is 1. The predicted molar refractivity (Wildman–Crippen MR) is 82.3 cm³/mol. The Kier molecular flexibility index (Phi) is 6.15. The normalized spacial score (nSPS) is 11.4. The van der Waals surface area contributed by atoms with Crippen molar-refractivity contribution in [2.24, 2.45) is 5.41 Å². The Morgan fingerprint density at radius 3 is 2.42 bits per heavy atom. The SMILES string of the molecule is CCC(CC)(CCl)CNC(=O)c1ccc(Cl)cc1C. The summed E-state index contributed by atoms with van der Waals surface area (Å²) in [4.78, 5) is 12.2. The molecular formula is C15H21Cl2NO. The van der Waals surface area contributed by atoms with E-state index >= 15 is 0 Å². The summed E-state index contributed by atoms with van der Waals surface area (Å²) in [6, 6.07) is 5.29. The number of alkyl halides is 1. The van der Waals surface area contributed by atoms with Gasteiger partial charge >= 0.3 is 0 Å². The fourth-order valence-electron chi connectivity index (χ4n) is 1.98. The fraction of sp³-hybridized carbons (Fsp3) is 0.533. The van der Waals surface area contributed by atoms with Gasteiger partial charge in [-0.2, -0.15) is 0 Å². The summed E-state index contributed by atoms with van der Waals surface area (Å²) in [5.74, 6) is 0.491. The van der Waals surface area contributed by atoms with Crippen molar-refractivity contribution in [2.75, 3.05) is 12.4 Å². The zero-order valence-corrected chi connectivity index (χ0v) is 13.2. The number of benzene rings is 1. The van der Waals surface area contributed by atoms with E-state index in [1.54, 1.807) is 18.2 Å². The van der Waals surface area contributed by atoms with E-state index in [1.807, 2.05) is 6.92 Å². The van der Waals surface area contributed by atoms with E-state index in [9.17, 15) is 4.79 Å². The first-order chi connectivity index (χ1) is 8.98. The Bertz CT molecular complexity index is 434. The average Bonchev–Trinajstić information content (AvgIpc) is 2.40. The van der Waals surface area contributed by atoms with E-state index in [0.717, 1.165) is 18.4 Å². The minimum absolute atomic E-state index is 0.0163. The first kappa shape index (κ1) is 16.3. The van der Waals surface area contributed by atoms with E-state index in [2.05, 4.69) is 19.2 Å². The molecule has 0 aliphatic carbocycles. The third-order valence-corrected chi connectivity index (χ3v) is 4.64. The molecule has 0 spiro atoms. The number of nitrogens with one attached hydrogen (secondary N) is 1. The molecule has 0 radical (unpaired) electrons. The summed E-state index contributed by atoms with van der Waals surface area (Å²) in [5, 5.41) is 3.63. The lowest BCUT2D eigenvalue weighted by Crippen LogP contribution is -2.38. The van der Waals surface area contributed by atoms with Crippen LogP contribution in [0.4, 0.5) is 0 Å². The van der Waals surface area contributed by atoms with Gasteiger partial charge in [-0.3, -0.25) is 4.79 Å². The Hall–Kier alpha value is -0.730. The van der Waals surface area contributed by atoms with Crippen molar-refractivity contribution in [3.05, 3.63) is 34.3 Å². The molecule has 1 rings (SSSR count). The molecule has 0 saturated carbocycles. The van der Waals surface area contributed by atoms with Crippen molar-refractivity contribution in [1.29, 1.82) is 0 Å². The molecule has 2 nitrogen and oxygen atoms in total. The van der Waals surface area contributed by atoms with Crippen LogP contribution in [0.5, 0.6) is 0 Å². The van der Waals surface area contributed by atoms with Crippen molar-refractivity contribution in [3.63, 3.8) is 0 Å². The highest BCUT2D eigenvalue weighted by Gasteiger charge is 2.26. The summed E-state index contributed by atoms with van der Waals surface area (Å²) >= 11 is 11.9. The van der Waals surface area contributed by atoms with Crippen LogP contribution >= 0.6 is 23.2 Å². The average molecular weight is 302 g/mol. The first-order valence-electron chi connectivity index (χ1n) is 6.58. The third kappa shape index (κ3) is 4.12. The second-order valence-electron chi connectivity index (χ2n) is 4.98. The van der Waals surface area contributed by atoms with E-state index in [0.29, 0.717) is 23.0 Å². The highest BCUT2D eigenvalue weighted by atomic mass is 35.5. The van der Waals surface area contributed by atoms with Crippen molar-refractivity contribution in [1.82, 2.24) is 5.32 Å². The van der Waals surface area contributed by atoms with Crippen LogP contribution in [0.1, 0.15) is 42.6 Å². The summed E-state index contributed by atoms with van der Waals surface area (Å²) < 4.78 is 0. The molecule has 0 fully saturated rings. The maximum atomic E-state index is 12.2. The number of amides is 1. The quantitative estimate of drug-likeness (QED) is 0.774. The zero-order chi connectivity index (χ0) is 14.5. The standard InChI is InChI=1S/C15H21Cl2NO/c1-4-15(5-2,9-16)10-18-14(19)13-7-6-12(17)8-11(13)3/h6-8H,4-5,9-10H2,1-3H3,(H,18,19). The van der Waals surface area contributed by atoms with Gasteiger partial charge in [-0.1, -0.05) is 25.4 Å². The molecule has 4 heteroatoms. The van der Waals surface area contributed by atoms with Gasteiger partial charge in [-0.05, 0) is 43.5 Å². The lowest BCUT2D eigenvalue weighted by Gasteiger charge is -2.29. The molecule has 0 aliphatic rings. The van der Waals surface area contributed by atoms with Gasteiger partial charge in [0.2, 0.25) is 0 Å². The molecule has 0 unspecified atom stereocenters. The zero-order valence-electron chi connectivity index (χ0n) is 11.7. The van der Waals surface area contributed by atoms with E-state index in [4.69, 9.17) is 23.2 Å². The Balaban J connectivity index is 2.75. The van der Waals surface area contributed by atoms with Gasteiger partial charge in [-0.25, -0.2) is 0 Å². The second-order valence-corrected chi connectivity index (χ2v) is 5.69. The van der Waals surface area contributed by atoms with Gasteiger partial charge in [0.15, 0.2) is 0 Å². The summed E-state index contributed by atoms with van der Waals surface area (Å²) in [6.45, 7) is 6.69. The van der Waals surface area contributed by atoms with Crippen LogP contribution < -0.4 is 5.32 Å². The maximum absolute atomic E-state index is 12.2. The Morgan fingerprint density at radius 1 is 1.32 bits per heavy atom. The van der Waals surface area contributed by atoms with Gasteiger partial charge in [0, 0.05) is 28.4 Å². The fourth-order valence-corrected chi connectivity index (χ4v) is 2.68. The smallest absolute Gasteiger partial charge is 0.251 e. The molecule has 0 saturated heterocycles. The summed E-state index contributed by atoms with van der Waals surface area (Å²) in [6.07, 6.45) is 1.90. The number of rotatable bonds is 6. The van der Waals surface area contributed by atoms with Crippen LogP contribution in [0.25, 0.3) is 0 Å². The molecule has 0 atom stereocenters. The third-order valence-electron chi connectivity index (χ3n) is 3.84. The highest BCUT2D eigenvalue weighted by Crippen LogP contribution is 2.27. The molecular weight excluding hydrogens is 281 g/mol. The largest absolute Gasteiger partial charge is 0.351 e. The minimum Gasteiger partial charge on any atom is -0.351 e. The number of aryl methyl sites for hydroxylation is 1. The van der Waals surface area contributed by atoms with Crippen LogP contribution in [0.2, 0.25) is 5.02 Å². The van der Waals surface area contributed by atoms with Crippen LogP contribution in [-0.2, 0) is 0 Å². The summed E-state index contributed by atoms with van der Waals surface area (Å²) in [7, 11) is 0. The van der Waals surface area contributed by atoms with Gasteiger partial charge in [0.1, 0.15) is 0 Å². The maximum Gasteiger partial charge on any atom is 0.251 e. The highest BCUT2D eigenvalue weighted by molar-refractivity contribution is 6.30. The van der Waals surface area contributed by atoms with Gasteiger partial charge in [0.05, 0.1) is 0 Å². The molecule has 1 aromatic rings. The first-order valence-corrected chi connectivity index (χ1v) is 7.49. The Morgan fingerprint density at radius 2 is 1.95 bits per heavy atom. The monoisotopic (exact) mass is 301 g/mol. The summed E-state index contributed by atoms with van der Waals surface area (Å²) in [5.41, 5.74) is 1.53. The molecule has 1 aromatic carbocycles. The lowest BCUT2D eigenvalue weighted by molar-refractivity contribution is 0.0931. The van der Waals surface area contributed by atoms with Crippen molar-refractivity contribution in [2.45, 2.75) is 33.6 Å². The van der Waals surface area contributed by atoms with Crippen LogP contribution in [0.3, 0.4) is 0 Å².